The molecular weight excluding hydrogens is 364 g/mol. The monoisotopic (exact) mass is 400 g/mol. The molecule has 3 fully saturated rings. The summed E-state index contributed by atoms with van der Waals surface area (Å²) in [5, 5.41) is 3.62. The van der Waals surface area contributed by atoms with Crippen LogP contribution in [0.4, 0.5) is 11.8 Å². The zero-order chi connectivity index (χ0) is 20.1. The first-order valence-corrected chi connectivity index (χ1v) is 11.5. The number of aromatic nitrogens is 2. The van der Waals surface area contributed by atoms with Crippen LogP contribution in [0, 0.1) is 0 Å². The number of nitrogens with zero attached hydrogens (tertiary/aromatic N) is 5. The fourth-order valence-electron chi connectivity index (χ4n) is 5.08. The predicted molar refractivity (Wildman–Crippen MR) is 116 cm³/mol. The van der Waals surface area contributed by atoms with Crippen molar-refractivity contribution in [2.24, 2.45) is 0 Å². The van der Waals surface area contributed by atoms with Gasteiger partial charge in [0.15, 0.2) is 0 Å². The van der Waals surface area contributed by atoms with E-state index < -0.39 is 0 Å². The quantitative estimate of drug-likeness (QED) is 0.838. The van der Waals surface area contributed by atoms with Crippen LogP contribution < -0.4 is 10.2 Å². The number of rotatable bonds is 4. The zero-order valence-corrected chi connectivity index (χ0v) is 17.9. The highest BCUT2D eigenvalue weighted by Gasteiger charge is 2.29. The first kappa shape index (κ1) is 20.4. The number of amides is 1. The van der Waals surface area contributed by atoms with Crippen molar-refractivity contribution in [3.63, 3.8) is 0 Å². The Morgan fingerprint density at radius 1 is 1.00 bits per heavy atom. The number of nitrogens with one attached hydrogen (secondary N) is 1. The Labute approximate surface area is 174 Å². The fourth-order valence-corrected chi connectivity index (χ4v) is 5.08. The number of likely N-dealkylation sites (tertiary alicyclic amines) is 2. The molecule has 160 valence electrons. The van der Waals surface area contributed by atoms with Crippen molar-refractivity contribution in [3.05, 3.63) is 12.3 Å². The number of piperidine rings is 2. The summed E-state index contributed by atoms with van der Waals surface area (Å²) in [5.41, 5.74) is 0. The third kappa shape index (κ3) is 5.38. The van der Waals surface area contributed by atoms with Crippen LogP contribution in [0.3, 0.4) is 0 Å². The first-order valence-electron chi connectivity index (χ1n) is 11.5. The van der Waals surface area contributed by atoms with Gasteiger partial charge < -0.3 is 15.1 Å². The molecule has 0 aliphatic carbocycles. The van der Waals surface area contributed by atoms with E-state index in [1.165, 1.54) is 38.5 Å². The number of hydrogen-bond donors (Lipinski definition) is 1. The van der Waals surface area contributed by atoms with Gasteiger partial charge in [-0.25, -0.2) is 4.98 Å². The summed E-state index contributed by atoms with van der Waals surface area (Å²) in [4.78, 5) is 27.9. The molecular formula is C22H36N6O. The molecule has 0 aromatic carbocycles. The van der Waals surface area contributed by atoms with Crippen molar-refractivity contribution in [1.29, 1.82) is 0 Å². The average molecular weight is 401 g/mol. The molecule has 3 saturated heterocycles. The Morgan fingerprint density at radius 2 is 1.76 bits per heavy atom. The van der Waals surface area contributed by atoms with Gasteiger partial charge in [0.25, 0.3) is 0 Å². The lowest BCUT2D eigenvalue weighted by Gasteiger charge is -2.42. The van der Waals surface area contributed by atoms with Crippen molar-refractivity contribution < 1.29 is 4.79 Å². The fraction of sp³-hybridized carbons (Fsp3) is 0.773. The molecule has 3 aliphatic rings. The van der Waals surface area contributed by atoms with Gasteiger partial charge >= 0.3 is 0 Å². The molecule has 1 aromatic heterocycles. The van der Waals surface area contributed by atoms with Gasteiger partial charge in [-0.15, -0.1) is 0 Å². The van der Waals surface area contributed by atoms with Crippen LogP contribution in [0.5, 0.6) is 0 Å². The van der Waals surface area contributed by atoms with Gasteiger partial charge in [0.05, 0.1) is 0 Å². The molecule has 4 heterocycles. The number of hydrogen-bond acceptors (Lipinski definition) is 6. The van der Waals surface area contributed by atoms with E-state index in [9.17, 15) is 4.79 Å². The van der Waals surface area contributed by atoms with Gasteiger partial charge in [-0.1, -0.05) is 12.8 Å². The largest absolute Gasteiger partial charge is 0.356 e. The Kier molecular flexibility index (Phi) is 6.85. The van der Waals surface area contributed by atoms with Gasteiger partial charge in [-0.05, 0) is 51.1 Å². The Morgan fingerprint density at radius 3 is 2.48 bits per heavy atom. The van der Waals surface area contributed by atoms with Crippen LogP contribution in [-0.2, 0) is 4.79 Å². The average Bonchev–Trinajstić information content (AvgIpc) is 3.04. The lowest BCUT2D eigenvalue weighted by atomic mass is 9.98. The second-order valence-electron chi connectivity index (χ2n) is 8.86. The maximum Gasteiger partial charge on any atom is 0.224 e. The highest BCUT2D eigenvalue weighted by Crippen LogP contribution is 2.23. The molecule has 3 aliphatic heterocycles. The molecule has 1 atom stereocenters. The summed E-state index contributed by atoms with van der Waals surface area (Å²) in [7, 11) is 0. The van der Waals surface area contributed by atoms with E-state index in [0.29, 0.717) is 12.1 Å². The number of anilines is 2. The molecule has 0 spiro atoms. The molecule has 7 heteroatoms. The second kappa shape index (κ2) is 9.74. The van der Waals surface area contributed by atoms with Crippen LogP contribution in [0.1, 0.15) is 58.3 Å². The summed E-state index contributed by atoms with van der Waals surface area (Å²) in [6.07, 6.45) is 11.6. The highest BCUT2D eigenvalue weighted by molar-refractivity contribution is 5.73. The topological polar surface area (TPSA) is 64.6 Å². The molecule has 1 unspecified atom stereocenters. The second-order valence-corrected chi connectivity index (χ2v) is 8.86. The van der Waals surface area contributed by atoms with Gasteiger partial charge in [-0.3, -0.25) is 9.69 Å². The zero-order valence-electron chi connectivity index (χ0n) is 17.9. The summed E-state index contributed by atoms with van der Waals surface area (Å²) in [6, 6.07) is 3.04. The normalized spacial score (nSPS) is 24.9. The highest BCUT2D eigenvalue weighted by atomic mass is 16.2. The molecule has 0 saturated carbocycles. The standard InChI is InChI=1S/C22H36N6O/c1-18(29)26-15-9-20(10-16-26)28-14-6-7-19(17-28)24-22-23-11-8-21(25-22)27-12-4-2-3-5-13-27/h8,11,19-20H,2-7,9-10,12-17H2,1H3,(H,23,24,25). The molecule has 1 N–H and O–H groups in total. The molecule has 1 aromatic rings. The van der Waals surface area contributed by atoms with Crippen LogP contribution in [0.2, 0.25) is 0 Å². The van der Waals surface area contributed by atoms with Crippen LogP contribution in [0.25, 0.3) is 0 Å². The first-order chi connectivity index (χ1) is 14.2. The molecule has 0 radical (unpaired) electrons. The number of carbonyl (C=O) groups is 1. The third-order valence-electron chi connectivity index (χ3n) is 6.78. The van der Waals surface area contributed by atoms with E-state index in [0.717, 1.165) is 63.9 Å². The molecule has 7 nitrogen and oxygen atoms in total. The van der Waals surface area contributed by atoms with Crippen molar-refractivity contribution in [2.75, 3.05) is 49.5 Å². The predicted octanol–water partition coefficient (Wildman–Crippen LogP) is 2.74. The number of carbonyl (C=O) groups excluding carboxylic acids is 1. The van der Waals surface area contributed by atoms with E-state index in [2.05, 4.69) is 20.1 Å². The minimum absolute atomic E-state index is 0.211. The van der Waals surface area contributed by atoms with Crippen molar-refractivity contribution >= 4 is 17.7 Å². The van der Waals surface area contributed by atoms with E-state index in [-0.39, 0.29) is 5.91 Å². The van der Waals surface area contributed by atoms with Crippen molar-refractivity contribution in [2.45, 2.75) is 70.4 Å². The summed E-state index contributed by atoms with van der Waals surface area (Å²) in [6.45, 7) is 7.89. The third-order valence-corrected chi connectivity index (χ3v) is 6.78. The Balaban J connectivity index is 1.32. The molecule has 1 amide bonds. The van der Waals surface area contributed by atoms with E-state index in [1.807, 2.05) is 17.2 Å². The Hall–Kier alpha value is -1.89. The lowest BCUT2D eigenvalue weighted by molar-refractivity contribution is -0.130. The molecule has 4 rings (SSSR count). The van der Waals surface area contributed by atoms with Gasteiger partial charge in [0, 0.05) is 57.9 Å². The minimum atomic E-state index is 0.211. The molecule has 0 bridgehead atoms. The maximum atomic E-state index is 11.6. The van der Waals surface area contributed by atoms with Gasteiger partial charge in [-0.2, -0.15) is 4.98 Å². The van der Waals surface area contributed by atoms with Crippen LogP contribution in [-0.4, -0.2) is 77.0 Å². The minimum Gasteiger partial charge on any atom is -0.356 e. The van der Waals surface area contributed by atoms with Gasteiger partial charge in [0.2, 0.25) is 11.9 Å². The van der Waals surface area contributed by atoms with Crippen LogP contribution in [0.15, 0.2) is 12.3 Å². The summed E-state index contributed by atoms with van der Waals surface area (Å²) >= 11 is 0. The van der Waals surface area contributed by atoms with Crippen LogP contribution >= 0.6 is 0 Å². The summed E-state index contributed by atoms with van der Waals surface area (Å²) in [5.74, 6) is 2.04. The van der Waals surface area contributed by atoms with Gasteiger partial charge in [0.1, 0.15) is 5.82 Å². The SMILES string of the molecule is CC(=O)N1CCC(N2CCCC(Nc3nccc(N4CCCCCC4)n3)C2)CC1. The Bertz CT molecular complexity index is 667. The summed E-state index contributed by atoms with van der Waals surface area (Å²) < 4.78 is 0. The van der Waals surface area contributed by atoms with E-state index in [1.54, 1.807) is 6.92 Å². The van der Waals surface area contributed by atoms with Crippen molar-refractivity contribution in [3.8, 4) is 0 Å². The van der Waals surface area contributed by atoms with E-state index >= 15 is 0 Å². The van der Waals surface area contributed by atoms with Crippen molar-refractivity contribution in [1.82, 2.24) is 19.8 Å². The smallest absolute Gasteiger partial charge is 0.224 e. The maximum absolute atomic E-state index is 11.6. The lowest BCUT2D eigenvalue weighted by Crippen LogP contribution is -2.51. The van der Waals surface area contributed by atoms with E-state index in [4.69, 9.17) is 4.98 Å². The molecule has 29 heavy (non-hydrogen) atoms.